The van der Waals surface area contributed by atoms with Gasteiger partial charge >= 0.3 is 11.9 Å². The number of carbonyl (C=O) groups excluding carboxylic acids is 2. The minimum absolute atomic E-state index is 0.216. The number of ether oxygens (including phenoxy) is 2. The van der Waals surface area contributed by atoms with Crippen molar-refractivity contribution >= 4 is 29.6 Å². The lowest BCUT2D eigenvalue weighted by molar-refractivity contribution is -0.222. The molecule has 1 fully saturated rings. The van der Waals surface area contributed by atoms with E-state index in [1.54, 1.807) is 6.92 Å². The fraction of sp³-hybridized carbons (Fsp3) is 0.235. The van der Waals surface area contributed by atoms with E-state index in [-0.39, 0.29) is 10.7 Å². The van der Waals surface area contributed by atoms with E-state index in [1.807, 2.05) is 30.3 Å². The highest BCUT2D eigenvalue weighted by Crippen LogP contribution is 2.29. The number of benzene rings is 1. The third-order valence-corrected chi connectivity index (χ3v) is 3.82. The van der Waals surface area contributed by atoms with Gasteiger partial charge in [0.1, 0.15) is 10.7 Å². The van der Waals surface area contributed by atoms with E-state index in [1.165, 1.54) is 24.6 Å². The molecule has 2 aromatic rings. The van der Waals surface area contributed by atoms with Gasteiger partial charge in [0.25, 0.3) is 5.79 Å². The van der Waals surface area contributed by atoms with Crippen LogP contribution in [-0.2, 0) is 19.1 Å². The lowest BCUT2D eigenvalue weighted by atomic mass is 10.1. The Morgan fingerprint density at radius 3 is 2.29 bits per heavy atom. The number of aryl methyl sites for hydroxylation is 1. The van der Waals surface area contributed by atoms with Gasteiger partial charge in [0.2, 0.25) is 0 Å². The Kier molecular flexibility index (Phi) is 3.93. The van der Waals surface area contributed by atoms with Crippen molar-refractivity contribution in [1.82, 2.24) is 9.78 Å². The van der Waals surface area contributed by atoms with Crippen molar-refractivity contribution in [3.63, 3.8) is 0 Å². The number of nitrogens with zero attached hydrogens (tertiary/aromatic N) is 2. The molecule has 2 heterocycles. The largest absolute Gasteiger partial charge is 0.419 e. The first-order chi connectivity index (χ1) is 11.3. The third-order valence-electron chi connectivity index (χ3n) is 3.45. The zero-order valence-corrected chi connectivity index (χ0v) is 14.1. The summed E-state index contributed by atoms with van der Waals surface area (Å²) in [4.78, 5) is 24.1. The van der Waals surface area contributed by atoms with Crippen LogP contribution in [0.25, 0.3) is 11.8 Å². The highest BCUT2D eigenvalue weighted by atomic mass is 35.5. The van der Waals surface area contributed by atoms with E-state index in [2.05, 4.69) is 5.10 Å². The number of esters is 2. The summed E-state index contributed by atoms with van der Waals surface area (Å²) < 4.78 is 11.7. The molecule has 0 radical (unpaired) electrons. The van der Waals surface area contributed by atoms with Crippen LogP contribution in [0.15, 0.2) is 35.9 Å². The lowest BCUT2D eigenvalue weighted by Crippen LogP contribution is -2.41. The smallest absolute Gasteiger partial charge is 0.348 e. The van der Waals surface area contributed by atoms with Crippen molar-refractivity contribution in [1.29, 1.82) is 0 Å². The summed E-state index contributed by atoms with van der Waals surface area (Å²) in [6.45, 7) is 4.72. The van der Waals surface area contributed by atoms with E-state index < -0.39 is 17.7 Å². The van der Waals surface area contributed by atoms with Gasteiger partial charge in [0, 0.05) is 19.4 Å². The van der Waals surface area contributed by atoms with Crippen molar-refractivity contribution in [2.75, 3.05) is 0 Å². The summed E-state index contributed by atoms with van der Waals surface area (Å²) in [7, 11) is 0. The van der Waals surface area contributed by atoms with Crippen LogP contribution < -0.4 is 0 Å². The van der Waals surface area contributed by atoms with Crippen molar-refractivity contribution in [2.24, 2.45) is 0 Å². The van der Waals surface area contributed by atoms with Crippen molar-refractivity contribution in [3.05, 3.63) is 52.3 Å². The number of carbonyl (C=O) groups is 2. The minimum Gasteiger partial charge on any atom is -0.419 e. The monoisotopic (exact) mass is 346 g/mol. The number of hydrogen-bond donors (Lipinski definition) is 0. The first kappa shape index (κ1) is 16.3. The van der Waals surface area contributed by atoms with Crippen LogP contribution in [-0.4, -0.2) is 27.5 Å². The summed E-state index contributed by atoms with van der Waals surface area (Å²) in [5, 5.41) is 4.65. The number of halogens is 1. The molecule has 0 bridgehead atoms. The molecule has 1 saturated heterocycles. The lowest BCUT2D eigenvalue weighted by Gasteiger charge is -2.29. The second kappa shape index (κ2) is 5.79. The van der Waals surface area contributed by atoms with Crippen LogP contribution >= 0.6 is 11.6 Å². The average Bonchev–Trinajstić information content (AvgIpc) is 2.78. The second-order valence-electron chi connectivity index (χ2n) is 5.77. The van der Waals surface area contributed by atoms with Crippen LogP contribution in [0.5, 0.6) is 0 Å². The maximum absolute atomic E-state index is 12.1. The Hall–Kier alpha value is -2.60. The van der Waals surface area contributed by atoms with E-state index in [0.29, 0.717) is 11.3 Å². The molecule has 7 heteroatoms. The molecule has 0 spiro atoms. The molecule has 6 nitrogen and oxygen atoms in total. The quantitative estimate of drug-likeness (QED) is 0.475. The number of cyclic esters (lactones) is 2. The van der Waals surface area contributed by atoms with Crippen molar-refractivity contribution < 1.29 is 19.1 Å². The van der Waals surface area contributed by atoms with Crippen LogP contribution in [0.3, 0.4) is 0 Å². The summed E-state index contributed by atoms with van der Waals surface area (Å²) in [5.74, 6) is -2.78. The fourth-order valence-electron chi connectivity index (χ4n) is 2.34. The van der Waals surface area contributed by atoms with Crippen molar-refractivity contribution in [2.45, 2.75) is 26.6 Å². The molecule has 3 rings (SSSR count). The van der Waals surface area contributed by atoms with Gasteiger partial charge in [0.15, 0.2) is 0 Å². The van der Waals surface area contributed by atoms with E-state index in [4.69, 9.17) is 21.1 Å². The predicted octanol–water partition coefficient (Wildman–Crippen LogP) is 3.05. The molecule has 0 unspecified atom stereocenters. The summed E-state index contributed by atoms with van der Waals surface area (Å²) >= 11 is 6.39. The highest BCUT2D eigenvalue weighted by Gasteiger charge is 2.39. The van der Waals surface area contributed by atoms with E-state index in [9.17, 15) is 9.59 Å². The molecule has 1 aromatic carbocycles. The van der Waals surface area contributed by atoms with Gasteiger partial charge in [-0.05, 0) is 25.1 Å². The van der Waals surface area contributed by atoms with E-state index >= 15 is 0 Å². The molecule has 1 aliphatic heterocycles. The van der Waals surface area contributed by atoms with Crippen molar-refractivity contribution in [3.8, 4) is 5.69 Å². The number of aromatic nitrogens is 2. The van der Waals surface area contributed by atoms with E-state index in [0.717, 1.165) is 5.69 Å². The molecular weight excluding hydrogens is 332 g/mol. The van der Waals surface area contributed by atoms with Gasteiger partial charge < -0.3 is 9.47 Å². The SMILES string of the molecule is Cc1nn(-c2ccccc2)c(Cl)c1C=C1C(=O)OC(C)(C)OC1=O. The third kappa shape index (κ3) is 2.92. The molecule has 0 aliphatic carbocycles. The fourth-order valence-corrected chi connectivity index (χ4v) is 2.66. The Morgan fingerprint density at radius 1 is 1.12 bits per heavy atom. The molecule has 0 N–H and O–H groups in total. The minimum atomic E-state index is -1.28. The normalized spacial score (nSPS) is 16.6. The Morgan fingerprint density at radius 2 is 1.71 bits per heavy atom. The molecule has 0 saturated carbocycles. The number of para-hydroxylation sites is 1. The second-order valence-corrected chi connectivity index (χ2v) is 6.13. The summed E-state index contributed by atoms with van der Waals surface area (Å²) in [6, 6.07) is 9.30. The number of hydrogen-bond acceptors (Lipinski definition) is 5. The molecular formula is C17H15ClN2O4. The Balaban J connectivity index is 2.04. The maximum Gasteiger partial charge on any atom is 0.348 e. The molecule has 0 amide bonds. The first-order valence-electron chi connectivity index (χ1n) is 7.27. The maximum atomic E-state index is 12.1. The summed E-state index contributed by atoms with van der Waals surface area (Å²) in [5.41, 5.74) is 1.59. The Bertz CT molecular complexity index is 831. The van der Waals surface area contributed by atoms with Gasteiger partial charge in [-0.25, -0.2) is 14.3 Å². The summed E-state index contributed by atoms with van der Waals surface area (Å²) in [6.07, 6.45) is 1.35. The molecule has 124 valence electrons. The van der Waals surface area contributed by atoms with Gasteiger partial charge in [-0.2, -0.15) is 5.10 Å². The zero-order chi connectivity index (χ0) is 17.5. The van der Waals surface area contributed by atoms with Crippen LogP contribution in [0.4, 0.5) is 0 Å². The number of rotatable bonds is 2. The standard InChI is InChI=1S/C17H15ClN2O4/c1-10-12(9-13-15(21)23-17(2,3)24-16(13)22)14(18)20(19-10)11-7-5-4-6-8-11/h4-9H,1-3H3. The van der Waals surface area contributed by atoms with Gasteiger partial charge in [-0.15, -0.1) is 0 Å². The first-order valence-corrected chi connectivity index (χ1v) is 7.65. The van der Waals surface area contributed by atoms with Crippen LogP contribution in [0.1, 0.15) is 25.1 Å². The molecule has 0 atom stereocenters. The molecule has 1 aromatic heterocycles. The zero-order valence-electron chi connectivity index (χ0n) is 13.4. The molecule has 24 heavy (non-hydrogen) atoms. The highest BCUT2D eigenvalue weighted by molar-refractivity contribution is 6.32. The topological polar surface area (TPSA) is 70.4 Å². The molecule has 1 aliphatic rings. The average molecular weight is 347 g/mol. The van der Waals surface area contributed by atoms with Crippen LogP contribution in [0.2, 0.25) is 5.15 Å². The van der Waals surface area contributed by atoms with Gasteiger partial charge in [-0.3, -0.25) is 0 Å². The predicted molar refractivity (Wildman–Crippen MR) is 87.6 cm³/mol. The van der Waals surface area contributed by atoms with Gasteiger partial charge in [-0.1, -0.05) is 29.8 Å². The van der Waals surface area contributed by atoms with Crippen LogP contribution in [0, 0.1) is 6.92 Å². The van der Waals surface area contributed by atoms with Gasteiger partial charge in [0.05, 0.1) is 11.4 Å². The Labute approximate surface area is 143 Å².